The van der Waals surface area contributed by atoms with Crippen molar-refractivity contribution >= 4 is 29.5 Å². The van der Waals surface area contributed by atoms with Gasteiger partial charge in [0.25, 0.3) is 0 Å². The van der Waals surface area contributed by atoms with E-state index in [4.69, 9.17) is 4.74 Å². The van der Waals surface area contributed by atoms with Crippen LogP contribution in [0.5, 0.6) is 0 Å². The highest BCUT2D eigenvalue weighted by atomic mass is 32.2. The summed E-state index contributed by atoms with van der Waals surface area (Å²) in [6.45, 7) is 6.47. The van der Waals surface area contributed by atoms with Crippen molar-refractivity contribution in [3.05, 3.63) is 10.3 Å². The van der Waals surface area contributed by atoms with Crippen molar-refractivity contribution in [2.24, 2.45) is 0 Å². The lowest BCUT2D eigenvalue weighted by molar-refractivity contribution is -0.142. The summed E-state index contributed by atoms with van der Waals surface area (Å²) in [5.74, 6) is 1.91. The third-order valence-electron chi connectivity index (χ3n) is 1.34. The first-order valence-electron chi connectivity index (χ1n) is 4.83. The minimum atomic E-state index is -0.128. The second kappa shape index (κ2) is 9.46. The van der Waals surface area contributed by atoms with Crippen LogP contribution in [0.2, 0.25) is 0 Å². The van der Waals surface area contributed by atoms with Gasteiger partial charge in [-0.25, -0.2) is 0 Å². The first-order valence-corrected chi connectivity index (χ1v) is 6.87. The molecule has 0 fully saturated rings. The number of ether oxygens (including phenoxy) is 1. The van der Waals surface area contributed by atoms with Crippen LogP contribution in [-0.4, -0.2) is 24.1 Å². The molecule has 4 heteroatoms. The first-order chi connectivity index (χ1) is 6.74. The highest BCUT2D eigenvalue weighted by Gasteiger charge is 2.06. The Labute approximate surface area is 94.9 Å². The third kappa shape index (κ3) is 7.33. The van der Waals surface area contributed by atoms with Crippen LogP contribution >= 0.6 is 23.5 Å². The average Bonchev–Trinajstić information content (AvgIpc) is 2.15. The van der Waals surface area contributed by atoms with Gasteiger partial charge in [0.15, 0.2) is 0 Å². The molecule has 2 nitrogen and oxygen atoms in total. The van der Waals surface area contributed by atoms with Gasteiger partial charge in [-0.15, -0.1) is 23.5 Å². The molecule has 0 aliphatic carbocycles. The predicted octanol–water partition coefficient (Wildman–Crippen LogP) is 3.29. The van der Waals surface area contributed by atoms with Crippen molar-refractivity contribution in [3.8, 4) is 0 Å². The van der Waals surface area contributed by atoms with E-state index in [1.807, 2.05) is 6.92 Å². The monoisotopic (exact) mass is 234 g/mol. The van der Waals surface area contributed by atoms with Crippen LogP contribution in [0.25, 0.3) is 0 Å². The van der Waals surface area contributed by atoms with Crippen LogP contribution < -0.4 is 0 Å². The molecule has 0 N–H and O–H groups in total. The van der Waals surface area contributed by atoms with Crippen LogP contribution in [0.4, 0.5) is 0 Å². The smallest absolute Gasteiger partial charge is 0.310 e. The zero-order valence-electron chi connectivity index (χ0n) is 9.04. The SMILES string of the molecule is CCOC(=O)C/C(=C/SCC)SCC. The molecule has 0 saturated carbocycles. The van der Waals surface area contributed by atoms with E-state index in [9.17, 15) is 4.79 Å². The highest BCUT2D eigenvalue weighted by Crippen LogP contribution is 2.23. The minimum absolute atomic E-state index is 0.128. The number of rotatable bonds is 7. The molecule has 0 aromatic rings. The van der Waals surface area contributed by atoms with Gasteiger partial charge in [-0.3, -0.25) is 4.79 Å². The van der Waals surface area contributed by atoms with Crippen molar-refractivity contribution in [2.45, 2.75) is 27.2 Å². The van der Waals surface area contributed by atoms with Crippen molar-refractivity contribution in [3.63, 3.8) is 0 Å². The largest absolute Gasteiger partial charge is 0.466 e. The van der Waals surface area contributed by atoms with Crippen molar-refractivity contribution in [1.29, 1.82) is 0 Å². The Bertz CT molecular complexity index is 191. The molecule has 14 heavy (non-hydrogen) atoms. The number of thioether (sulfide) groups is 2. The summed E-state index contributed by atoms with van der Waals surface area (Å²) < 4.78 is 4.90. The number of carbonyl (C=O) groups excluding carboxylic acids is 1. The van der Waals surface area contributed by atoms with Crippen molar-refractivity contribution < 1.29 is 9.53 Å². The molecule has 0 rings (SSSR count). The Morgan fingerprint density at radius 1 is 1.29 bits per heavy atom. The van der Waals surface area contributed by atoms with Gasteiger partial charge in [0, 0.05) is 4.91 Å². The molecular formula is C10H18O2S2. The topological polar surface area (TPSA) is 26.3 Å². The molecular weight excluding hydrogens is 216 g/mol. The summed E-state index contributed by atoms with van der Waals surface area (Å²) in [7, 11) is 0. The van der Waals surface area contributed by atoms with E-state index in [0.29, 0.717) is 13.0 Å². The van der Waals surface area contributed by atoms with Crippen LogP contribution in [-0.2, 0) is 9.53 Å². The van der Waals surface area contributed by atoms with E-state index in [1.165, 1.54) is 0 Å². The Morgan fingerprint density at radius 2 is 2.00 bits per heavy atom. The molecule has 0 aromatic carbocycles. The maximum Gasteiger partial charge on any atom is 0.310 e. The van der Waals surface area contributed by atoms with Crippen LogP contribution in [0.3, 0.4) is 0 Å². The molecule has 0 atom stereocenters. The van der Waals surface area contributed by atoms with Gasteiger partial charge < -0.3 is 4.74 Å². The molecule has 0 amide bonds. The summed E-state index contributed by atoms with van der Waals surface area (Å²) in [5.41, 5.74) is 0. The average molecular weight is 234 g/mol. The van der Waals surface area contributed by atoms with Crippen LogP contribution in [0.1, 0.15) is 27.2 Å². The maximum absolute atomic E-state index is 11.2. The summed E-state index contributed by atoms with van der Waals surface area (Å²) in [5, 5.41) is 2.06. The Balaban J connectivity index is 4.01. The molecule has 0 spiro atoms. The van der Waals surface area contributed by atoms with E-state index in [-0.39, 0.29) is 5.97 Å². The molecule has 0 aliphatic rings. The summed E-state index contributed by atoms with van der Waals surface area (Å²) >= 11 is 3.44. The quantitative estimate of drug-likeness (QED) is 0.631. The Kier molecular flexibility index (Phi) is 9.40. The van der Waals surface area contributed by atoms with Crippen molar-refractivity contribution in [1.82, 2.24) is 0 Å². The van der Waals surface area contributed by atoms with Gasteiger partial charge >= 0.3 is 5.97 Å². The lowest BCUT2D eigenvalue weighted by Gasteiger charge is -2.05. The number of hydrogen-bond donors (Lipinski definition) is 0. The fourth-order valence-corrected chi connectivity index (χ4v) is 2.35. The maximum atomic E-state index is 11.2. The van der Waals surface area contributed by atoms with E-state index in [2.05, 4.69) is 19.3 Å². The molecule has 0 saturated heterocycles. The molecule has 0 aliphatic heterocycles. The molecule has 0 aromatic heterocycles. The fourth-order valence-electron chi connectivity index (χ4n) is 0.843. The molecule has 82 valence electrons. The first kappa shape index (κ1) is 13.9. The minimum Gasteiger partial charge on any atom is -0.466 e. The van der Waals surface area contributed by atoms with E-state index in [0.717, 1.165) is 16.4 Å². The van der Waals surface area contributed by atoms with Crippen molar-refractivity contribution in [2.75, 3.05) is 18.1 Å². The van der Waals surface area contributed by atoms with Gasteiger partial charge in [-0.2, -0.15) is 0 Å². The molecule has 0 radical (unpaired) electrons. The van der Waals surface area contributed by atoms with Crippen LogP contribution in [0.15, 0.2) is 10.3 Å². The van der Waals surface area contributed by atoms with Gasteiger partial charge in [0.05, 0.1) is 13.0 Å². The van der Waals surface area contributed by atoms with Gasteiger partial charge in [0.2, 0.25) is 0 Å². The van der Waals surface area contributed by atoms with Gasteiger partial charge in [-0.05, 0) is 23.8 Å². The molecule has 0 bridgehead atoms. The molecule has 0 heterocycles. The predicted molar refractivity (Wildman–Crippen MR) is 65.6 cm³/mol. The fraction of sp³-hybridized carbons (Fsp3) is 0.700. The number of esters is 1. The Hall–Kier alpha value is -0.0900. The number of hydrogen-bond acceptors (Lipinski definition) is 4. The van der Waals surface area contributed by atoms with E-state index in [1.54, 1.807) is 23.5 Å². The second-order valence-electron chi connectivity index (χ2n) is 2.45. The third-order valence-corrected chi connectivity index (χ3v) is 3.19. The zero-order chi connectivity index (χ0) is 10.8. The standard InChI is InChI=1S/C10H18O2S2/c1-4-12-10(11)7-9(14-6-3)8-13-5-2/h8H,4-7H2,1-3H3/b9-8-. The second-order valence-corrected chi connectivity index (χ2v) is 4.99. The van der Waals surface area contributed by atoms with E-state index < -0.39 is 0 Å². The highest BCUT2D eigenvalue weighted by molar-refractivity contribution is 8.06. The normalized spacial score (nSPS) is 11.5. The lowest BCUT2D eigenvalue weighted by atomic mass is 10.4. The summed E-state index contributed by atoms with van der Waals surface area (Å²) in [6, 6.07) is 0. The summed E-state index contributed by atoms with van der Waals surface area (Å²) in [6.07, 6.45) is 0.416. The lowest BCUT2D eigenvalue weighted by Crippen LogP contribution is -2.04. The molecule has 0 unspecified atom stereocenters. The van der Waals surface area contributed by atoms with E-state index >= 15 is 0 Å². The zero-order valence-corrected chi connectivity index (χ0v) is 10.7. The van der Waals surface area contributed by atoms with Gasteiger partial charge in [0.1, 0.15) is 0 Å². The summed E-state index contributed by atoms with van der Waals surface area (Å²) in [4.78, 5) is 12.3. The van der Waals surface area contributed by atoms with Gasteiger partial charge in [-0.1, -0.05) is 13.8 Å². The van der Waals surface area contributed by atoms with Crippen LogP contribution in [0, 0.1) is 0 Å². The number of carbonyl (C=O) groups is 1. The Morgan fingerprint density at radius 3 is 2.50 bits per heavy atom.